The molecule has 0 heterocycles. The molecule has 2 rings (SSSR count). The summed E-state index contributed by atoms with van der Waals surface area (Å²) in [6, 6.07) is 10.4. The number of hydrazone groups is 1. The Labute approximate surface area is 157 Å². The van der Waals surface area contributed by atoms with Gasteiger partial charge in [0, 0.05) is 10.6 Å². The first kappa shape index (κ1) is 19.6. The quantitative estimate of drug-likeness (QED) is 0.587. The molecule has 2 aromatic carbocycles. The number of nitrogens with zero attached hydrogens (tertiary/aromatic N) is 1. The molecule has 1 amide bonds. The van der Waals surface area contributed by atoms with Gasteiger partial charge in [-0.25, -0.2) is 5.43 Å². The summed E-state index contributed by atoms with van der Waals surface area (Å²) in [6.45, 7) is 1.95. The predicted molar refractivity (Wildman–Crippen MR) is 102 cm³/mol. The summed E-state index contributed by atoms with van der Waals surface area (Å²) in [5.41, 5.74) is 4.47. The first-order valence-electron chi connectivity index (χ1n) is 7.96. The van der Waals surface area contributed by atoms with Crippen molar-refractivity contribution in [2.75, 3.05) is 21.3 Å². The Kier molecular flexibility index (Phi) is 6.86. The highest BCUT2D eigenvalue weighted by Gasteiger charge is 2.17. The van der Waals surface area contributed by atoms with Crippen molar-refractivity contribution in [2.24, 2.45) is 5.10 Å². The highest BCUT2D eigenvalue weighted by molar-refractivity contribution is 6.31. The van der Waals surface area contributed by atoms with Gasteiger partial charge in [0.15, 0.2) is 11.5 Å². The van der Waals surface area contributed by atoms with Gasteiger partial charge in [-0.05, 0) is 36.2 Å². The third-order valence-corrected chi connectivity index (χ3v) is 3.95. The van der Waals surface area contributed by atoms with Crippen molar-refractivity contribution in [1.82, 2.24) is 5.43 Å². The molecule has 0 unspecified atom stereocenters. The maximum atomic E-state index is 12.5. The average molecular weight is 377 g/mol. The zero-order chi connectivity index (χ0) is 19.1. The van der Waals surface area contributed by atoms with Gasteiger partial charge >= 0.3 is 0 Å². The molecule has 0 aromatic heterocycles. The molecule has 0 spiro atoms. The number of amides is 1. The van der Waals surface area contributed by atoms with Gasteiger partial charge in [0.25, 0.3) is 5.91 Å². The van der Waals surface area contributed by atoms with Crippen LogP contribution in [0.25, 0.3) is 0 Å². The highest BCUT2D eigenvalue weighted by Crippen LogP contribution is 2.38. The van der Waals surface area contributed by atoms with Crippen molar-refractivity contribution in [3.63, 3.8) is 0 Å². The summed E-state index contributed by atoms with van der Waals surface area (Å²) in [4.78, 5) is 12.5. The summed E-state index contributed by atoms with van der Waals surface area (Å²) in [6.07, 6.45) is 0.635. The van der Waals surface area contributed by atoms with Crippen LogP contribution in [0.15, 0.2) is 41.5 Å². The molecule has 0 fully saturated rings. The van der Waals surface area contributed by atoms with Gasteiger partial charge in [-0.3, -0.25) is 4.79 Å². The van der Waals surface area contributed by atoms with E-state index in [-0.39, 0.29) is 0 Å². The Morgan fingerprint density at radius 2 is 1.69 bits per heavy atom. The van der Waals surface area contributed by atoms with E-state index in [4.69, 9.17) is 25.8 Å². The minimum absolute atomic E-state index is 0.338. The lowest BCUT2D eigenvalue weighted by molar-refractivity contribution is 0.0954. The Morgan fingerprint density at radius 1 is 1.04 bits per heavy atom. The predicted octanol–water partition coefficient (Wildman–Crippen LogP) is 3.91. The van der Waals surface area contributed by atoms with Crippen LogP contribution >= 0.6 is 11.6 Å². The minimum atomic E-state index is -0.391. The van der Waals surface area contributed by atoms with Crippen LogP contribution in [0.2, 0.25) is 5.02 Å². The van der Waals surface area contributed by atoms with Crippen molar-refractivity contribution in [3.8, 4) is 17.2 Å². The topological polar surface area (TPSA) is 69.2 Å². The van der Waals surface area contributed by atoms with Gasteiger partial charge in [0.1, 0.15) is 0 Å². The first-order valence-corrected chi connectivity index (χ1v) is 8.34. The van der Waals surface area contributed by atoms with Gasteiger partial charge < -0.3 is 14.2 Å². The fourth-order valence-corrected chi connectivity index (χ4v) is 2.60. The van der Waals surface area contributed by atoms with E-state index >= 15 is 0 Å². The molecular formula is C19H21ClN2O4. The van der Waals surface area contributed by atoms with Crippen LogP contribution in [-0.2, 0) is 0 Å². The molecule has 7 heteroatoms. The lowest BCUT2D eigenvalue weighted by Gasteiger charge is -2.13. The number of carbonyl (C=O) groups excluding carboxylic acids is 1. The molecule has 138 valence electrons. The number of benzene rings is 2. The van der Waals surface area contributed by atoms with Crippen LogP contribution in [0.5, 0.6) is 17.2 Å². The van der Waals surface area contributed by atoms with Crippen LogP contribution in [0.3, 0.4) is 0 Å². The molecule has 1 N–H and O–H groups in total. The normalized spacial score (nSPS) is 11.0. The lowest BCUT2D eigenvalue weighted by atomic mass is 10.1. The number of nitrogens with one attached hydrogen (secondary N) is 1. The molecule has 0 aliphatic heterocycles. The van der Waals surface area contributed by atoms with Crippen LogP contribution in [0, 0.1) is 0 Å². The summed E-state index contributed by atoms with van der Waals surface area (Å²) in [5.74, 6) is 0.818. The number of hydrogen-bond acceptors (Lipinski definition) is 5. The fourth-order valence-electron chi connectivity index (χ4n) is 2.41. The summed E-state index contributed by atoms with van der Waals surface area (Å²) < 4.78 is 15.8. The Balaban J connectivity index is 2.29. The third kappa shape index (κ3) is 4.46. The fraction of sp³-hybridized carbons (Fsp3) is 0.263. The van der Waals surface area contributed by atoms with Crippen molar-refractivity contribution >= 4 is 23.2 Å². The molecule has 2 aromatic rings. The summed E-state index contributed by atoms with van der Waals surface area (Å²) in [7, 11) is 4.49. The second-order valence-electron chi connectivity index (χ2n) is 5.28. The molecule has 0 atom stereocenters. The van der Waals surface area contributed by atoms with E-state index in [0.717, 1.165) is 5.56 Å². The van der Waals surface area contributed by atoms with E-state index in [1.54, 1.807) is 24.3 Å². The number of rotatable bonds is 7. The summed E-state index contributed by atoms with van der Waals surface area (Å²) >= 11 is 6.02. The van der Waals surface area contributed by atoms with Gasteiger partial charge in [-0.15, -0.1) is 0 Å². The van der Waals surface area contributed by atoms with Crippen LogP contribution in [0.4, 0.5) is 0 Å². The monoisotopic (exact) mass is 376 g/mol. The third-order valence-electron chi connectivity index (χ3n) is 3.71. The van der Waals surface area contributed by atoms with Crippen LogP contribution in [0.1, 0.15) is 29.3 Å². The van der Waals surface area contributed by atoms with Crippen molar-refractivity contribution < 1.29 is 19.0 Å². The molecule has 0 aliphatic rings. The Hall–Kier alpha value is -2.73. The zero-order valence-electron chi connectivity index (χ0n) is 15.1. The van der Waals surface area contributed by atoms with Gasteiger partial charge in [0.2, 0.25) is 5.75 Å². The summed E-state index contributed by atoms with van der Waals surface area (Å²) in [5, 5.41) is 4.84. The molecule has 0 bridgehead atoms. The molecular weight excluding hydrogens is 356 g/mol. The molecule has 0 radical (unpaired) electrons. The number of carbonyl (C=O) groups is 1. The molecule has 0 aliphatic carbocycles. The second kappa shape index (κ2) is 9.10. The number of methoxy groups -OCH3 is 3. The Bertz CT molecular complexity index is 796. The van der Waals surface area contributed by atoms with Crippen LogP contribution in [-0.4, -0.2) is 32.9 Å². The minimum Gasteiger partial charge on any atom is -0.493 e. The smallest absolute Gasteiger partial charge is 0.271 e. The highest BCUT2D eigenvalue weighted by atomic mass is 35.5. The molecule has 0 saturated heterocycles. The van der Waals surface area contributed by atoms with E-state index in [0.29, 0.717) is 40.0 Å². The van der Waals surface area contributed by atoms with Crippen molar-refractivity contribution in [2.45, 2.75) is 13.3 Å². The van der Waals surface area contributed by atoms with E-state index in [9.17, 15) is 4.79 Å². The molecule has 6 nitrogen and oxygen atoms in total. The standard InChI is InChI=1S/C19H21ClN2O4/c1-5-15(12-7-6-8-14(20)9-12)21-22-19(23)13-10-16(24-2)18(26-4)17(11-13)25-3/h6-11H,5H2,1-4H3,(H,22,23). The van der Waals surface area contributed by atoms with E-state index in [1.165, 1.54) is 21.3 Å². The Morgan fingerprint density at radius 3 is 2.19 bits per heavy atom. The second-order valence-corrected chi connectivity index (χ2v) is 5.71. The number of hydrogen-bond donors (Lipinski definition) is 1. The average Bonchev–Trinajstić information content (AvgIpc) is 2.67. The van der Waals surface area contributed by atoms with Crippen LogP contribution < -0.4 is 19.6 Å². The number of halogens is 1. The van der Waals surface area contributed by atoms with E-state index in [2.05, 4.69) is 10.5 Å². The number of ether oxygens (including phenoxy) is 3. The maximum absolute atomic E-state index is 12.5. The zero-order valence-corrected chi connectivity index (χ0v) is 15.9. The van der Waals surface area contributed by atoms with Gasteiger partial charge in [0.05, 0.1) is 27.0 Å². The van der Waals surface area contributed by atoms with Gasteiger partial charge in [-0.2, -0.15) is 5.10 Å². The largest absolute Gasteiger partial charge is 0.493 e. The maximum Gasteiger partial charge on any atom is 0.271 e. The van der Waals surface area contributed by atoms with Gasteiger partial charge in [-0.1, -0.05) is 30.7 Å². The molecule has 0 saturated carbocycles. The van der Waals surface area contributed by atoms with Crippen molar-refractivity contribution in [3.05, 3.63) is 52.5 Å². The first-order chi connectivity index (χ1) is 12.5. The SMILES string of the molecule is CCC(=NNC(=O)c1cc(OC)c(OC)c(OC)c1)c1cccc(Cl)c1. The molecule has 26 heavy (non-hydrogen) atoms. The lowest BCUT2D eigenvalue weighted by Crippen LogP contribution is -2.20. The van der Waals surface area contributed by atoms with Crippen molar-refractivity contribution in [1.29, 1.82) is 0 Å². The van der Waals surface area contributed by atoms with E-state index in [1.807, 2.05) is 19.1 Å². The van der Waals surface area contributed by atoms with E-state index < -0.39 is 5.91 Å².